The summed E-state index contributed by atoms with van der Waals surface area (Å²) < 4.78 is 0.813. The zero-order valence-corrected chi connectivity index (χ0v) is 12.7. The number of halogens is 2. The van der Waals surface area contributed by atoms with Crippen LogP contribution in [0.15, 0.2) is 30.3 Å². The summed E-state index contributed by atoms with van der Waals surface area (Å²) in [5.74, 6) is 0. The van der Waals surface area contributed by atoms with Crippen LogP contribution >= 0.6 is 34.5 Å². The Balaban J connectivity index is 2.44. The average Bonchev–Trinajstić information content (AvgIpc) is 2.76. The van der Waals surface area contributed by atoms with Crippen molar-refractivity contribution in [2.75, 3.05) is 6.54 Å². The molecule has 1 aromatic carbocycles. The molecular formula is C14H15Cl2NS. The maximum Gasteiger partial charge on any atom is 0.0931 e. The van der Waals surface area contributed by atoms with Gasteiger partial charge in [0.25, 0.3) is 0 Å². The third-order valence-corrected chi connectivity index (χ3v) is 4.37. The monoisotopic (exact) mass is 299 g/mol. The zero-order valence-electron chi connectivity index (χ0n) is 10.3. The second-order valence-electron chi connectivity index (χ2n) is 4.13. The molecule has 0 radical (unpaired) electrons. The van der Waals surface area contributed by atoms with Gasteiger partial charge >= 0.3 is 0 Å². The highest BCUT2D eigenvalue weighted by molar-refractivity contribution is 7.16. The fourth-order valence-corrected chi connectivity index (χ4v) is 3.31. The molecule has 0 spiro atoms. The lowest BCUT2D eigenvalue weighted by molar-refractivity contribution is 0.637. The predicted octanol–water partition coefficient (Wildman–Crippen LogP) is 5.06. The molecule has 96 valence electrons. The normalized spacial score (nSPS) is 12.7. The molecule has 0 saturated carbocycles. The molecule has 0 bridgehead atoms. The number of rotatable bonds is 4. The first-order valence-corrected chi connectivity index (χ1v) is 7.43. The van der Waals surface area contributed by atoms with Crippen LogP contribution in [0.3, 0.4) is 0 Å². The van der Waals surface area contributed by atoms with Crippen LogP contribution in [0.25, 0.3) is 0 Å². The van der Waals surface area contributed by atoms with Crippen molar-refractivity contribution >= 4 is 34.5 Å². The SMILES string of the molecule is CCNC(c1ccc(Cl)s1)c1cc(Cl)ccc1C. The van der Waals surface area contributed by atoms with Gasteiger partial charge in [-0.3, -0.25) is 0 Å². The van der Waals surface area contributed by atoms with E-state index in [1.807, 2.05) is 18.2 Å². The van der Waals surface area contributed by atoms with E-state index in [1.165, 1.54) is 16.0 Å². The molecule has 0 aliphatic carbocycles. The van der Waals surface area contributed by atoms with Gasteiger partial charge in [-0.05, 0) is 48.9 Å². The van der Waals surface area contributed by atoms with Crippen molar-refractivity contribution in [3.63, 3.8) is 0 Å². The minimum atomic E-state index is 0.159. The first kappa shape index (κ1) is 13.9. The van der Waals surface area contributed by atoms with Gasteiger partial charge in [0.15, 0.2) is 0 Å². The van der Waals surface area contributed by atoms with Gasteiger partial charge in [0.2, 0.25) is 0 Å². The van der Waals surface area contributed by atoms with Crippen molar-refractivity contribution in [1.82, 2.24) is 5.32 Å². The van der Waals surface area contributed by atoms with E-state index in [-0.39, 0.29) is 6.04 Å². The molecule has 2 aromatic rings. The molecule has 2 rings (SSSR count). The van der Waals surface area contributed by atoms with Gasteiger partial charge in [-0.2, -0.15) is 0 Å². The average molecular weight is 300 g/mol. The Morgan fingerprint density at radius 2 is 2.00 bits per heavy atom. The van der Waals surface area contributed by atoms with Gasteiger partial charge < -0.3 is 5.32 Å². The molecule has 0 fully saturated rings. The quantitative estimate of drug-likeness (QED) is 0.832. The van der Waals surface area contributed by atoms with Crippen LogP contribution in [-0.2, 0) is 0 Å². The first-order valence-electron chi connectivity index (χ1n) is 5.86. The van der Waals surface area contributed by atoms with E-state index in [4.69, 9.17) is 23.2 Å². The lowest BCUT2D eigenvalue weighted by Gasteiger charge is -2.19. The molecule has 0 aliphatic heterocycles. The highest BCUT2D eigenvalue weighted by Crippen LogP contribution is 2.33. The third kappa shape index (κ3) is 3.07. The minimum Gasteiger partial charge on any atom is -0.306 e. The van der Waals surface area contributed by atoms with Gasteiger partial charge in [-0.15, -0.1) is 11.3 Å². The van der Waals surface area contributed by atoms with Crippen LogP contribution in [0.5, 0.6) is 0 Å². The maximum absolute atomic E-state index is 6.10. The van der Waals surface area contributed by atoms with E-state index in [1.54, 1.807) is 11.3 Å². The Labute approximate surface area is 122 Å². The zero-order chi connectivity index (χ0) is 13.1. The Hall–Kier alpha value is -0.540. The summed E-state index contributed by atoms with van der Waals surface area (Å²) in [5, 5.41) is 4.25. The molecule has 1 unspecified atom stereocenters. The Bertz CT molecular complexity index is 536. The fourth-order valence-electron chi connectivity index (χ4n) is 1.97. The van der Waals surface area contributed by atoms with Gasteiger partial charge in [-0.1, -0.05) is 36.2 Å². The van der Waals surface area contributed by atoms with Crippen LogP contribution in [-0.4, -0.2) is 6.54 Å². The molecule has 0 saturated heterocycles. The lowest BCUT2D eigenvalue weighted by Crippen LogP contribution is -2.21. The number of hydrogen-bond donors (Lipinski definition) is 1. The molecule has 4 heteroatoms. The third-order valence-electron chi connectivity index (χ3n) is 2.84. The van der Waals surface area contributed by atoms with E-state index >= 15 is 0 Å². The Kier molecular flexibility index (Phi) is 4.68. The second kappa shape index (κ2) is 6.07. The van der Waals surface area contributed by atoms with Crippen molar-refractivity contribution < 1.29 is 0 Å². The molecular weight excluding hydrogens is 285 g/mol. The van der Waals surface area contributed by atoms with Gasteiger partial charge in [-0.25, -0.2) is 0 Å². The van der Waals surface area contributed by atoms with Crippen molar-refractivity contribution in [1.29, 1.82) is 0 Å². The van der Waals surface area contributed by atoms with Crippen molar-refractivity contribution in [2.24, 2.45) is 0 Å². The largest absolute Gasteiger partial charge is 0.306 e. The second-order valence-corrected chi connectivity index (χ2v) is 6.32. The maximum atomic E-state index is 6.10. The van der Waals surface area contributed by atoms with Crippen molar-refractivity contribution in [2.45, 2.75) is 19.9 Å². The Morgan fingerprint density at radius 1 is 1.22 bits per heavy atom. The number of thiophene rings is 1. The van der Waals surface area contributed by atoms with E-state index < -0.39 is 0 Å². The predicted molar refractivity (Wildman–Crippen MR) is 81.0 cm³/mol. The van der Waals surface area contributed by atoms with Gasteiger partial charge in [0.05, 0.1) is 10.4 Å². The summed E-state index contributed by atoms with van der Waals surface area (Å²) in [6.07, 6.45) is 0. The fraction of sp³-hybridized carbons (Fsp3) is 0.286. The van der Waals surface area contributed by atoms with Gasteiger partial charge in [0, 0.05) is 9.90 Å². The number of nitrogens with one attached hydrogen (secondary N) is 1. The minimum absolute atomic E-state index is 0.159. The summed E-state index contributed by atoms with van der Waals surface area (Å²) in [5.41, 5.74) is 2.44. The van der Waals surface area contributed by atoms with Gasteiger partial charge in [0.1, 0.15) is 0 Å². The van der Waals surface area contributed by atoms with Crippen molar-refractivity contribution in [3.05, 3.63) is 55.7 Å². The van der Waals surface area contributed by atoms with E-state index in [9.17, 15) is 0 Å². The van der Waals surface area contributed by atoms with E-state index in [0.29, 0.717) is 0 Å². The summed E-state index contributed by atoms with van der Waals surface area (Å²) in [7, 11) is 0. The summed E-state index contributed by atoms with van der Waals surface area (Å²) >= 11 is 13.7. The first-order chi connectivity index (χ1) is 8.61. The van der Waals surface area contributed by atoms with E-state index in [2.05, 4.69) is 31.3 Å². The van der Waals surface area contributed by atoms with Crippen LogP contribution in [0.1, 0.15) is 29.0 Å². The lowest BCUT2D eigenvalue weighted by atomic mass is 10.00. The molecule has 1 N–H and O–H groups in total. The van der Waals surface area contributed by atoms with Crippen LogP contribution in [0, 0.1) is 6.92 Å². The molecule has 1 heterocycles. The summed E-state index contributed by atoms with van der Waals surface area (Å²) in [6, 6.07) is 10.2. The standard InChI is InChI=1S/C14H15Cl2NS/c1-3-17-14(12-6-7-13(16)18-12)11-8-10(15)5-4-9(11)2/h4-8,14,17H,3H2,1-2H3. The number of hydrogen-bond acceptors (Lipinski definition) is 2. The smallest absolute Gasteiger partial charge is 0.0931 e. The molecule has 0 aliphatic rings. The van der Waals surface area contributed by atoms with Crippen molar-refractivity contribution in [3.8, 4) is 0 Å². The molecule has 0 amide bonds. The summed E-state index contributed by atoms with van der Waals surface area (Å²) in [4.78, 5) is 1.22. The number of aryl methyl sites for hydroxylation is 1. The molecule has 18 heavy (non-hydrogen) atoms. The topological polar surface area (TPSA) is 12.0 Å². The highest BCUT2D eigenvalue weighted by atomic mass is 35.5. The molecule has 1 atom stereocenters. The van der Waals surface area contributed by atoms with Crippen LogP contribution in [0.2, 0.25) is 9.36 Å². The highest BCUT2D eigenvalue weighted by Gasteiger charge is 2.17. The van der Waals surface area contributed by atoms with Crippen LogP contribution in [0.4, 0.5) is 0 Å². The summed E-state index contributed by atoms with van der Waals surface area (Å²) in [6.45, 7) is 5.10. The molecule has 1 nitrogen and oxygen atoms in total. The molecule has 1 aromatic heterocycles. The number of benzene rings is 1. The van der Waals surface area contributed by atoms with E-state index in [0.717, 1.165) is 15.9 Å². The Morgan fingerprint density at radius 3 is 2.61 bits per heavy atom. The van der Waals surface area contributed by atoms with Crippen LogP contribution < -0.4 is 5.32 Å².